The minimum Gasteiger partial charge on any atom is -0.340 e. The predicted octanol–water partition coefficient (Wildman–Crippen LogP) is 1.93. The Morgan fingerprint density at radius 2 is 1.92 bits per heavy atom. The first-order valence-corrected chi connectivity index (χ1v) is 8.69. The second kappa shape index (κ2) is 7.18. The molecule has 1 aromatic heterocycles. The monoisotopic (exact) mass is 327 g/mol. The molecule has 0 radical (unpaired) electrons. The molecular formula is C19H25N3O2. The number of nitrogens with one attached hydrogen (secondary N) is 1. The molecule has 128 valence electrons. The number of amides is 1. The number of hydrogen-bond acceptors (Lipinski definition) is 3. The van der Waals surface area contributed by atoms with E-state index in [1.54, 1.807) is 0 Å². The van der Waals surface area contributed by atoms with Crippen molar-refractivity contribution in [1.82, 2.24) is 14.8 Å². The van der Waals surface area contributed by atoms with Crippen LogP contribution < -0.4 is 5.56 Å². The number of fused-ring (bicyclic) bond motifs is 1. The molecule has 0 atom stereocenters. The van der Waals surface area contributed by atoms with E-state index in [2.05, 4.69) is 22.9 Å². The lowest BCUT2D eigenvalue weighted by molar-refractivity contribution is -0.132. The molecule has 0 unspecified atom stereocenters. The van der Waals surface area contributed by atoms with Crippen LogP contribution in [-0.4, -0.2) is 53.4 Å². The molecule has 1 aromatic carbocycles. The number of nitrogens with zero attached hydrogens (tertiary/aromatic N) is 2. The number of pyridine rings is 1. The van der Waals surface area contributed by atoms with Crippen LogP contribution in [0.3, 0.4) is 0 Å². The number of piperazine rings is 1. The largest absolute Gasteiger partial charge is 0.340 e. The molecule has 2 heterocycles. The number of rotatable bonds is 4. The molecular weight excluding hydrogens is 302 g/mol. The Balaban J connectivity index is 1.62. The number of carbonyl (C=O) groups is 1. The maximum atomic E-state index is 12.4. The van der Waals surface area contributed by atoms with E-state index in [4.69, 9.17) is 0 Å². The van der Waals surface area contributed by atoms with Gasteiger partial charge in [-0.1, -0.05) is 13.0 Å². The molecule has 5 nitrogen and oxygen atoms in total. The van der Waals surface area contributed by atoms with Gasteiger partial charge in [0.2, 0.25) is 5.91 Å². The van der Waals surface area contributed by atoms with Crippen LogP contribution in [0.2, 0.25) is 0 Å². The van der Waals surface area contributed by atoms with E-state index in [-0.39, 0.29) is 11.5 Å². The highest BCUT2D eigenvalue weighted by Gasteiger charge is 2.19. The summed E-state index contributed by atoms with van der Waals surface area (Å²) >= 11 is 0. The van der Waals surface area contributed by atoms with Gasteiger partial charge in [-0.05, 0) is 49.0 Å². The van der Waals surface area contributed by atoms with Crippen molar-refractivity contribution >= 4 is 16.8 Å². The van der Waals surface area contributed by atoms with Gasteiger partial charge in [-0.3, -0.25) is 9.59 Å². The maximum Gasteiger partial charge on any atom is 0.251 e. The molecule has 1 aliphatic rings. The normalized spacial score (nSPS) is 15.8. The number of carbonyl (C=O) groups excluding carboxylic acids is 1. The molecule has 1 aliphatic heterocycles. The minimum absolute atomic E-state index is 0.0448. The van der Waals surface area contributed by atoms with Crippen LogP contribution in [0, 0.1) is 6.92 Å². The second-order valence-electron chi connectivity index (χ2n) is 6.52. The third-order valence-electron chi connectivity index (χ3n) is 4.89. The molecule has 3 rings (SSSR count). The standard InChI is InChI=1S/C19H25N3O2/c1-3-21-8-10-22(11-9-21)18(23)7-5-15-4-6-17-16(13-15)12-14(2)19(24)20-17/h4,6,12-13H,3,5,7-11H2,1-2H3,(H,20,24). The number of hydrogen-bond donors (Lipinski definition) is 1. The van der Waals surface area contributed by atoms with Crippen LogP contribution in [0.1, 0.15) is 24.5 Å². The fourth-order valence-electron chi connectivity index (χ4n) is 3.24. The van der Waals surface area contributed by atoms with Crippen molar-refractivity contribution in [3.8, 4) is 0 Å². The number of aromatic amines is 1. The lowest BCUT2D eigenvalue weighted by Crippen LogP contribution is -2.48. The highest BCUT2D eigenvalue weighted by molar-refractivity contribution is 5.80. The Hall–Kier alpha value is -2.14. The number of H-pyrrole nitrogens is 1. The molecule has 1 saturated heterocycles. The molecule has 1 N–H and O–H groups in total. The van der Waals surface area contributed by atoms with Gasteiger partial charge in [0.15, 0.2) is 0 Å². The fourth-order valence-corrected chi connectivity index (χ4v) is 3.24. The van der Waals surface area contributed by atoms with Crippen molar-refractivity contribution in [2.75, 3.05) is 32.7 Å². The van der Waals surface area contributed by atoms with Gasteiger partial charge in [-0.2, -0.15) is 0 Å². The van der Waals surface area contributed by atoms with Crippen LogP contribution in [0.5, 0.6) is 0 Å². The Kier molecular flexibility index (Phi) is 5.00. The summed E-state index contributed by atoms with van der Waals surface area (Å²) in [5.74, 6) is 0.239. The van der Waals surface area contributed by atoms with Crippen LogP contribution in [0.15, 0.2) is 29.1 Å². The van der Waals surface area contributed by atoms with Crippen molar-refractivity contribution < 1.29 is 4.79 Å². The lowest BCUT2D eigenvalue weighted by Gasteiger charge is -2.34. The highest BCUT2D eigenvalue weighted by Crippen LogP contribution is 2.15. The van der Waals surface area contributed by atoms with Gasteiger partial charge >= 0.3 is 0 Å². The summed E-state index contributed by atoms with van der Waals surface area (Å²) in [6, 6.07) is 7.90. The van der Waals surface area contributed by atoms with Gasteiger partial charge in [0, 0.05) is 43.7 Å². The molecule has 0 bridgehead atoms. The zero-order valence-electron chi connectivity index (χ0n) is 14.5. The maximum absolute atomic E-state index is 12.4. The summed E-state index contributed by atoms with van der Waals surface area (Å²) in [6.07, 6.45) is 1.28. The number of aromatic nitrogens is 1. The highest BCUT2D eigenvalue weighted by atomic mass is 16.2. The Morgan fingerprint density at radius 1 is 1.17 bits per heavy atom. The van der Waals surface area contributed by atoms with Crippen LogP contribution in [0.25, 0.3) is 10.9 Å². The summed E-state index contributed by atoms with van der Waals surface area (Å²) in [5, 5.41) is 1.02. The summed E-state index contributed by atoms with van der Waals surface area (Å²) in [4.78, 5) is 31.3. The first-order valence-electron chi connectivity index (χ1n) is 8.69. The van der Waals surface area contributed by atoms with Crippen molar-refractivity contribution in [1.29, 1.82) is 0 Å². The third kappa shape index (κ3) is 3.67. The smallest absolute Gasteiger partial charge is 0.251 e. The molecule has 5 heteroatoms. The van der Waals surface area contributed by atoms with Gasteiger partial charge < -0.3 is 14.8 Å². The molecule has 0 spiro atoms. The lowest BCUT2D eigenvalue weighted by atomic mass is 10.0. The van der Waals surface area contributed by atoms with E-state index in [1.165, 1.54) is 0 Å². The average molecular weight is 327 g/mol. The van der Waals surface area contributed by atoms with E-state index in [0.29, 0.717) is 12.0 Å². The summed E-state index contributed by atoms with van der Waals surface area (Å²) in [7, 11) is 0. The van der Waals surface area contributed by atoms with E-state index in [1.807, 2.05) is 30.0 Å². The van der Waals surface area contributed by atoms with Gasteiger partial charge in [0.25, 0.3) is 5.56 Å². The van der Waals surface area contributed by atoms with Gasteiger partial charge in [-0.25, -0.2) is 0 Å². The molecule has 0 saturated carbocycles. The minimum atomic E-state index is -0.0448. The number of likely N-dealkylation sites (N-methyl/N-ethyl adjacent to an activating group) is 1. The van der Waals surface area contributed by atoms with Crippen molar-refractivity contribution in [3.63, 3.8) is 0 Å². The zero-order valence-corrected chi connectivity index (χ0v) is 14.5. The first-order chi connectivity index (χ1) is 11.6. The molecule has 24 heavy (non-hydrogen) atoms. The molecule has 1 amide bonds. The average Bonchev–Trinajstić information content (AvgIpc) is 2.60. The van der Waals surface area contributed by atoms with E-state index in [0.717, 1.165) is 55.6 Å². The predicted molar refractivity (Wildman–Crippen MR) is 96.3 cm³/mol. The molecule has 2 aromatic rings. The Bertz CT molecular complexity index is 789. The fraction of sp³-hybridized carbons (Fsp3) is 0.474. The summed E-state index contributed by atoms with van der Waals surface area (Å²) in [6.45, 7) is 8.66. The van der Waals surface area contributed by atoms with Crippen LogP contribution >= 0.6 is 0 Å². The Morgan fingerprint density at radius 3 is 2.62 bits per heavy atom. The van der Waals surface area contributed by atoms with E-state index < -0.39 is 0 Å². The van der Waals surface area contributed by atoms with Crippen molar-refractivity contribution in [2.24, 2.45) is 0 Å². The van der Waals surface area contributed by atoms with Crippen LogP contribution in [0.4, 0.5) is 0 Å². The second-order valence-corrected chi connectivity index (χ2v) is 6.52. The summed E-state index contributed by atoms with van der Waals surface area (Å²) in [5.41, 5.74) is 2.65. The van der Waals surface area contributed by atoms with Gasteiger partial charge in [0.05, 0.1) is 0 Å². The van der Waals surface area contributed by atoms with Gasteiger partial charge in [0.1, 0.15) is 0 Å². The first kappa shape index (κ1) is 16.7. The van der Waals surface area contributed by atoms with Gasteiger partial charge in [-0.15, -0.1) is 0 Å². The molecule has 1 fully saturated rings. The number of aryl methyl sites for hydroxylation is 2. The van der Waals surface area contributed by atoms with Crippen molar-refractivity contribution in [2.45, 2.75) is 26.7 Å². The zero-order chi connectivity index (χ0) is 17.1. The molecule has 0 aliphatic carbocycles. The van der Waals surface area contributed by atoms with E-state index >= 15 is 0 Å². The van der Waals surface area contributed by atoms with Crippen molar-refractivity contribution in [3.05, 3.63) is 45.7 Å². The topological polar surface area (TPSA) is 56.4 Å². The summed E-state index contributed by atoms with van der Waals surface area (Å²) < 4.78 is 0. The SMILES string of the molecule is CCN1CCN(C(=O)CCc2ccc3[nH]c(=O)c(C)cc3c2)CC1. The van der Waals surface area contributed by atoms with E-state index in [9.17, 15) is 9.59 Å². The quantitative estimate of drug-likeness (QED) is 0.933. The third-order valence-corrected chi connectivity index (χ3v) is 4.89. The van der Waals surface area contributed by atoms with Crippen LogP contribution in [-0.2, 0) is 11.2 Å². The number of benzene rings is 1. The Labute approximate surface area is 142 Å².